The van der Waals surface area contributed by atoms with Crippen molar-refractivity contribution in [3.8, 4) is 33.4 Å². The summed E-state index contributed by atoms with van der Waals surface area (Å²) in [4.78, 5) is 0. The Balaban J connectivity index is 0.991. The van der Waals surface area contributed by atoms with E-state index >= 15 is 0 Å². The summed E-state index contributed by atoms with van der Waals surface area (Å²) in [5, 5.41) is 13.0. The largest absolute Gasteiger partial charge is 0.456 e. The number of hydrogen-bond donors (Lipinski definition) is 0. The molecule has 0 unspecified atom stereocenters. The smallest absolute Gasteiger partial charge is 0.136 e. The zero-order valence-electron chi connectivity index (χ0n) is 31.9. The highest BCUT2D eigenvalue weighted by atomic mass is 16.3. The molecular formula is C56H42O. The Bertz CT molecular complexity index is 3110. The molecule has 9 aromatic carbocycles. The third kappa shape index (κ3) is 4.69. The standard InChI is InChI=1S/C56H42O/c1-2-12-35(13-3-1)53-41-14-4-6-16-43(41)55(44-17-7-5-15-42(44)53)37-22-24-40-49-31-36(23-25-50(49)57-51(40)32-37)54-45-18-8-10-20-47(45)56(48-21-11-9-19-46(48)54)52-38-27-33-26-34(29-38)30-39(52)28-33/h1-25,31-34,38-39,52H,26-30H2. The van der Waals surface area contributed by atoms with Gasteiger partial charge in [0, 0.05) is 10.8 Å². The molecule has 4 fully saturated rings. The Morgan fingerprint density at radius 3 is 1.30 bits per heavy atom. The van der Waals surface area contributed by atoms with E-state index in [0.29, 0.717) is 5.92 Å². The molecule has 0 saturated heterocycles. The minimum absolute atomic E-state index is 0.667. The molecule has 1 nitrogen and oxygen atoms in total. The fourth-order valence-corrected chi connectivity index (χ4v) is 12.7. The summed E-state index contributed by atoms with van der Waals surface area (Å²) in [5.41, 5.74) is 11.0. The van der Waals surface area contributed by atoms with Gasteiger partial charge in [0.1, 0.15) is 11.2 Å². The van der Waals surface area contributed by atoms with E-state index in [1.807, 2.05) is 0 Å². The second-order valence-electron chi connectivity index (χ2n) is 17.6. The van der Waals surface area contributed by atoms with Gasteiger partial charge < -0.3 is 4.42 Å². The van der Waals surface area contributed by atoms with Crippen LogP contribution in [0.1, 0.15) is 43.6 Å². The minimum atomic E-state index is 0.667. The molecule has 57 heavy (non-hydrogen) atoms. The van der Waals surface area contributed by atoms with Crippen molar-refractivity contribution in [2.24, 2.45) is 23.7 Å². The van der Waals surface area contributed by atoms with Gasteiger partial charge in [-0.15, -0.1) is 0 Å². The minimum Gasteiger partial charge on any atom is -0.456 e. The second-order valence-corrected chi connectivity index (χ2v) is 17.6. The van der Waals surface area contributed by atoms with E-state index in [2.05, 4.69) is 164 Å². The van der Waals surface area contributed by atoms with Crippen molar-refractivity contribution < 1.29 is 4.42 Å². The van der Waals surface area contributed by atoms with Gasteiger partial charge in [0.05, 0.1) is 0 Å². The van der Waals surface area contributed by atoms with E-state index in [1.165, 1.54) is 114 Å². The summed E-state index contributed by atoms with van der Waals surface area (Å²) < 4.78 is 6.75. The van der Waals surface area contributed by atoms with Crippen LogP contribution in [0.25, 0.3) is 98.4 Å². The quantitative estimate of drug-likeness (QED) is 0.164. The summed E-state index contributed by atoms with van der Waals surface area (Å²) >= 11 is 0. The Hall–Kier alpha value is -6.18. The van der Waals surface area contributed by atoms with Gasteiger partial charge in [0.25, 0.3) is 0 Å². The molecule has 1 heterocycles. The van der Waals surface area contributed by atoms with E-state index < -0.39 is 0 Å². The van der Waals surface area contributed by atoms with Crippen molar-refractivity contribution in [2.75, 3.05) is 0 Å². The number of benzene rings is 9. The lowest BCUT2D eigenvalue weighted by atomic mass is 9.50. The van der Waals surface area contributed by atoms with Gasteiger partial charge >= 0.3 is 0 Å². The van der Waals surface area contributed by atoms with E-state index in [1.54, 1.807) is 5.56 Å². The van der Waals surface area contributed by atoms with E-state index in [-0.39, 0.29) is 0 Å². The van der Waals surface area contributed by atoms with E-state index in [9.17, 15) is 0 Å². The lowest BCUT2D eigenvalue weighted by molar-refractivity contribution is -0.00185. The predicted octanol–water partition coefficient (Wildman–Crippen LogP) is 15.7. The molecule has 1 heteroatoms. The third-order valence-corrected chi connectivity index (χ3v) is 14.6. The predicted molar refractivity (Wildman–Crippen MR) is 240 cm³/mol. The summed E-state index contributed by atoms with van der Waals surface area (Å²) in [6, 6.07) is 61.0. The highest BCUT2D eigenvalue weighted by Gasteiger charge is 2.49. The van der Waals surface area contributed by atoms with Crippen LogP contribution < -0.4 is 0 Å². The first-order chi connectivity index (χ1) is 28.2. The van der Waals surface area contributed by atoms with Crippen molar-refractivity contribution in [3.63, 3.8) is 0 Å². The van der Waals surface area contributed by atoms with Crippen LogP contribution in [0.4, 0.5) is 0 Å². The monoisotopic (exact) mass is 730 g/mol. The van der Waals surface area contributed by atoms with Crippen molar-refractivity contribution in [1.82, 2.24) is 0 Å². The van der Waals surface area contributed by atoms with Crippen molar-refractivity contribution in [3.05, 3.63) is 169 Å². The fraction of sp³-hybridized carbons (Fsp3) is 0.179. The summed E-state index contributed by atoms with van der Waals surface area (Å²) in [5.74, 6) is 4.25. The Labute approximate surface area is 332 Å². The molecule has 4 aliphatic rings. The van der Waals surface area contributed by atoms with Crippen molar-refractivity contribution in [2.45, 2.75) is 38.0 Å². The molecule has 0 aliphatic heterocycles. The van der Waals surface area contributed by atoms with Crippen LogP contribution in [-0.4, -0.2) is 0 Å². The molecule has 0 spiro atoms. The summed E-state index contributed by atoms with van der Waals surface area (Å²) in [6.45, 7) is 0. The van der Waals surface area contributed by atoms with Gasteiger partial charge in [-0.05, 0) is 168 Å². The molecule has 0 amide bonds. The fourth-order valence-electron chi connectivity index (χ4n) is 12.7. The molecule has 0 radical (unpaired) electrons. The Morgan fingerprint density at radius 1 is 0.316 bits per heavy atom. The van der Waals surface area contributed by atoms with Crippen LogP contribution in [0.5, 0.6) is 0 Å². The molecule has 1 aromatic heterocycles. The van der Waals surface area contributed by atoms with Crippen LogP contribution in [0.3, 0.4) is 0 Å². The molecule has 4 bridgehead atoms. The van der Waals surface area contributed by atoms with Crippen molar-refractivity contribution >= 4 is 65.0 Å². The highest BCUT2D eigenvalue weighted by Crippen LogP contribution is 2.62. The maximum absolute atomic E-state index is 6.75. The van der Waals surface area contributed by atoms with Crippen LogP contribution in [-0.2, 0) is 0 Å². The zero-order chi connectivity index (χ0) is 37.2. The number of rotatable bonds is 4. The van der Waals surface area contributed by atoms with Gasteiger partial charge in [-0.3, -0.25) is 0 Å². The molecule has 4 aliphatic carbocycles. The van der Waals surface area contributed by atoms with Gasteiger partial charge in [-0.25, -0.2) is 0 Å². The first-order valence-electron chi connectivity index (χ1n) is 21.1. The topological polar surface area (TPSA) is 13.1 Å². The van der Waals surface area contributed by atoms with Crippen LogP contribution >= 0.6 is 0 Å². The number of furan rings is 1. The Kier molecular flexibility index (Phi) is 6.82. The van der Waals surface area contributed by atoms with Crippen LogP contribution in [0.15, 0.2) is 168 Å². The lowest BCUT2D eigenvalue weighted by Gasteiger charge is -2.55. The lowest BCUT2D eigenvalue weighted by Crippen LogP contribution is -2.43. The summed E-state index contributed by atoms with van der Waals surface area (Å²) in [6.07, 6.45) is 7.21. The molecular weight excluding hydrogens is 689 g/mol. The van der Waals surface area contributed by atoms with E-state index in [0.717, 1.165) is 40.2 Å². The summed E-state index contributed by atoms with van der Waals surface area (Å²) in [7, 11) is 0. The first-order valence-corrected chi connectivity index (χ1v) is 21.1. The first kappa shape index (κ1) is 32.0. The average molecular weight is 731 g/mol. The molecule has 14 rings (SSSR count). The molecule has 0 N–H and O–H groups in total. The van der Waals surface area contributed by atoms with Gasteiger partial charge in [0.2, 0.25) is 0 Å². The number of fused-ring (bicyclic) bond motifs is 7. The maximum atomic E-state index is 6.75. The highest BCUT2D eigenvalue weighted by molar-refractivity contribution is 6.22. The number of hydrogen-bond acceptors (Lipinski definition) is 1. The SMILES string of the molecule is c1ccc(-c2c3ccccc3c(-c3ccc4c(c3)oc3ccc(-c5c6ccccc6c(C6C7CC8CC(C7)CC6C8)c6ccccc56)cc34)c3ccccc23)cc1. The second kappa shape index (κ2) is 12.2. The Morgan fingerprint density at radius 2 is 0.754 bits per heavy atom. The molecule has 4 saturated carbocycles. The van der Waals surface area contributed by atoms with Crippen LogP contribution in [0, 0.1) is 23.7 Å². The third-order valence-electron chi connectivity index (χ3n) is 14.6. The van der Waals surface area contributed by atoms with Crippen molar-refractivity contribution in [1.29, 1.82) is 0 Å². The molecule has 272 valence electrons. The zero-order valence-corrected chi connectivity index (χ0v) is 31.9. The normalized spacial score (nSPS) is 21.5. The maximum Gasteiger partial charge on any atom is 0.136 e. The van der Waals surface area contributed by atoms with Gasteiger partial charge in [-0.2, -0.15) is 0 Å². The van der Waals surface area contributed by atoms with Gasteiger partial charge in [-0.1, -0.05) is 140 Å². The van der Waals surface area contributed by atoms with E-state index in [4.69, 9.17) is 4.42 Å². The molecule has 10 aromatic rings. The average Bonchev–Trinajstić information content (AvgIpc) is 3.62. The molecule has 0 atom stereocenters. The van der Waals surface area contributed by atoms with Gasteiger partial charge in [0.15, 0.2) is 0 Å². The van der Waals surface area contributed by atoms with Crippen LogP contribution in [0.2, 0.25) is 0 Å².